The van der Waals surface area contributed by atoms with Gasteiger partial charge in [0.1, 0.15) is 0 Å². The van der Waals surface area contributed by atoms with Gasteiger partial charge in [-0.05, 0) is 67.8 Å². The maximum absolute atomic E-state index is 14.5. The van der Waals surface area contributed by atoms with E-state index in [9.17, 15) is 79.4 Å². The highest BCUT2D eigenvalue weighted by Crippen LogP contribution is 2.64. The zero-order chi connectivity index (χ0) is 38.4. The summed E-state index contributed by atoms with van der Waals surface area (Å²) >= 11 is 0. The smallest absolute Gasteiger partial charge is 0.287 e. The van der Waals surface area contributed by atoms with E-state index in [-0.39, 0.29) is 12.3 Å². The SMILES string of the molecule is CCC[C@H]1CC[C@H](C2CCC(CCc3ccc(C(=O)C(F)(F)C(F)(F)C(F)(F)C(F)(F)C(F)(F)C(F)(F)C(F)(F)C(F)(F)F)cc3)CC2)CC1. The van der Waals surface area contributed by atoms with Crippen molar-refractivity contribution in [3.05, 3.63) is 35.4 Å². The summed E-state index contributed by atoms with van der Waals surface area (Å²) in [4.78, 5) is 12.1. The first-order valence-electron chi connectivity index (χ1n) is 16.0. The molecule has 0 spiro atoms. The maximum Gasteiger partial charge on any atom is 0.460 e. The number of aryl methyl sites for hydroxylation is 1. The van der Waals surface area contributed by atoms with E-state index in [0.29, 0.717) is 36.0 Å². The second kappa shape index (κ2) is 14.3. The standard InChI is InChI=1S/C32H35F17O/c1-2-3-18-6-12-21(13-7-18)22-14-8-19(9-15-22)4-5-20-10-16-23(17-11-20)24(50)25(33,34)26(35,36)27(37,38)28(39,40)29(41,42)30(43,44)31(45,46)32(47,48)49/h10-11,16-19,21-22H,2-9,12-15H2,1H3/t18-,19?,21-,22?. The summed E-state index contributed by atoms with van der Waals surface area (Å²) in [6.45, 7) is 2.16. The van der Waals surface area contributed by atoms with E-state index in [0.717, 1.165) is 50.2 Å². The van der Waals surface area contributed by atoms with E-state index in [1.165, 1.54) is 32.1 Å². The first kappa shape index (κ1) is 42.1. The van der Waals surface area contributed by atoms with Crippen molar-refractivity contribution in [3.63, 3.8) is 0 Å². The highest BCUT2D eigenvalue weighted by molar-refractivity contribution is 6.02. The third-order valence-electron chi connectivity index (χ3n) is 10.2. The summed E-state index contributed by atoms with van der Waals surface area (Å²) in [6.07, 6.45) is 4.12. The molecule has 0 amide bonds. The lowest BCUT2D eigenvalue weighted by molar-refractivity contribution is -0.459. The monoisotopic (exact) mass is 758 g/mol. The van der Waals surface area contributed by atoms with E-state index in [2.05, 4.69) is 6.92 Å². The van der Waals surface area contributed by atoms with Gasteiger partial charge in [0.15, 0.2) is 0 Å². The van der Waals surface area contributed by atoms with Crippen LogP contribution in [0.3, 0.4) is 0 Å². The molecule has 1 aromatic carbocycles. The van der Waals surface area contributed by atoms with E-state index < -0.39 is 59.0 Å². The minimum atomic E-state index is -8.74. The summed E-state index contributed by atoms with van der Waals surface area (Å²) in [5.41, 5.74) is -1.20. The molecular formula is C32H35F17O. The second-order valence-electron chi connectivity index (χ2n) is 13.4. The predicted octanol–water partition coefficient (Wildman–Crippen LogP) is 12.2. The van der Waals surface area contributed by atoms with Gasteiger partial charge in [0.2, 0.25) is 5.78 Å². The van der Waals surface area contributed by atoms with Crippen LogP contribution in [0.5, 0.6) is 0 Å². The molecule has 1 nitrogen and oxygen atoms in total. The number of carbonyl (C=O) groups excluding carboxylic acids is 1. The number of rotatable bonds is 14. The van der Waals surface area contributed by atoms with E-state index >= 15 is 0 Å². The fourth-order valence-corrected chi connectivity index (χ4v) is 6.99. The Kier molecular flexibility index (Phi) is 12.0. The minimum absolute atomic E-state index is 0.275. The highest BCUT2D eigenvalue weighted by atomic mass is 19.4. The molecule has 0 aliphatic heterocycles. The van der Waals surface area contributed by atoms with Crippen molar-refractivity contribution in [2.45, 2.75) is 132 Å². The lowest BCUT2D eigenvalue weighted by Gasteiger charge is -2.42. The summed E-state index contributed by atoms with van der Waals surface area (Å²) in [7, 11) is 0. The average Bonchev–Trinajstić information content (AvgIpc) is 3.03. The van der Waals surface area contributed by atoms with Gasteiger partial charge in [-0.1, -0.05) is 69.7 Å². The van der Waals surface area contributed by atoms with Crippen LogP contribution in [0, 0.1) is 23.7 Å². The van der Waals surface area contributed by atoms with Gasteiger partial charge in [-0.25, -0.2) is 0 Å². The molecule has 0 unspecified atom stereocenters. The predicted molar refractivity (Wildman–Crippen MR) is 146 cm³/mol. The number of ketones is 1. The number of halogens is 17. The molecule has 0 bridgehead atoms. The second-order valence-corrected chi connectivity index (χ2v) is 13.4. The fraction of sp³-hybridized carbons (Fsp3) is 0.781. The van der Waals surface area contributed by atoms with Crippen molar-refractivity contribution in [1.29, 1.82) is 0 Å². The van der Waals surface area contributed by atoms with Gasteiger partial charge in [0, 0.05) is 5.56 Å². The van der Waals surface area contributed by atoms with Crippen molar-refractivity contribution < 1.29 is 79.4 Å². The Morgan fingerprint density at radius 2 is 0.880 bits per heavy atom. The van der Waals surface area contributed by atoms with Crippen molar-refractivity contribution >= 4 is 5.78 Å². The minimum Gasteiger partial charge on any atom is -0.287 e. The molecule has 50 heavy (non-hydrogen) atoms. The average molecular weight is 759 g/mol. The van der Waals surface area contributed by atoms with Crippen molar-refractivity contribution in [2.75, 3.05) is 0 Å². The number of alkyl halides is 17. The largest absolute Gasteiger partial charge is 0.460 e. The molecule has 0 atom stereocenters. The van der Waals surface area contributed by atoms with Crippen molar-refractivity contribution in [2.24, 2.45) is 23.7 Å². The summed E-state index contributed by atoms with van der Waals surface area (Å²) in [5, 5.41) is 0. The summed E-state index contributed by atoms with van der Waals surface area (Å²) < 4.78 is 230. The molecule has 18 heteroatoms. The van der Waals surface area contributed by atoms with Crippen LogP contribution in [0.4, 0.5) is 74.6 Å². The number of benzene rings is 1. The quantitative estimate of drug-likeness (QED) is 0.136. The molecule has 0 radical (unpaired) electrons. The Morgan fingerprint density at radius 3 is 1.26 bits per heavy atom. The zero-order valence-corrected chi connectivity index (χ0v) is 26.4. The third-order valence-corrected chi connectivity index (χ3v) is 10.2. The lowest BCUT2D eigenvalue weighted by atomic mass is 9.68. The van der Waals surface area contributed by atoms with Crippen LogP contribution in [0.2, 0.25) is 0 Å². The van der Waals surface area contributed by atoms with Crippen molar-refractivity contribution in [1.82, 2.24) is 0 Å². The molecular weight excluding hydrogens is 723 g/mol. The normalized spacial score (nSPS) is 24.0. The van der Waals surface area contributed by atoms with Gasteiger partial charge >= 0.3 is 47.6 Å². The van der Waals surface area contributed by atoms with Gasteiger partial charge in [-0.2, -0.15) is 74.6 Å². The first-order valence-corrected chi connectivity index (χ1v) is 16.0. The molecule has 288 valence electrons. The fourth-order valence-electron chi connectivity index (χ4n) is 6.99. The summed E-state index contributed by atoms with van der Waals surface area (Å²) in [5.74, 6) is -59.0. The first-order chi connectivity index (χ1) is 22.6. The summed E-state index contributed by atoms with van der Waals surface area (Å²) in [6, 6.07) is 2.66. The Bertz CT molecular complexity index is 1290. The molecule has 1 aromatic rings. The van der Waals surface area contributed by atoms with Crippen LogP contribution in [-0.2, 0) is 6.42 Å². The van der Waals surface area contributed by atoms with Gasteiger partial charge in [-0.15, -0.1) is 0 Å². The molecule has 2 saturated carbocycles. The van der Waals surface area contributed by atoms with Crippen LogP contribution in [0.15, 0.2) is 24.3 Å². The van der Waals surface area contributed by atoms with Crippen LogP contribution in [-0.4, -0.2) is 53.4 Å². The van der Waals surface area contributed by atoms with Crippen LogP contribution in [0.25, 0.3) is 0 Å². The molecule has 3 rings (SSSR count). The van der Waals surface area contributed by atoms with E-state index in [1.54, 1.807) is 0 Å². The van der Waals surface area contributed by atoms with Crippen LogP contribution < -0.4 is 0 Å². The van der Waals surface area contributed by atoms with Gasteiger partial charge in [0.25, 0.3) is 0 Å². The van der Waals surface area contributed by atoms with E-state index in [4.69, 9.17) is 0 Å². The zero-order valence-electron chi connectivity index (χ0n) is 26.4. The lowest BCUT2D eigenvalue weighted by Crippen LogP contribution is -2.75. The number of hydrogen-bond acceptors (Lipinski definition) is 1. The molecule has 0 heterocycles. The molecule has 2 aliphatic rings. The molecule has 2 fully saturated rings. The Balaban J connectivity index is 1.68. The molecule has 0 aromatic heterocycles. The highest BCUT2D eigenvalue weighted by Gasteiger charge is 2.95. The topological polar surface area (TPSA) is 17.1 Å². The molecule has 0 N–H and O–H groups in total. The Hall–Kier alpha value is -2.30. The van der Waals surface area contributed by atoms with Crippen LogP contribution >= 0.6 is 0 Å². The van der Waals surface area contributed by atoms with Gasteiger partial charge < -0.3 is 0 Å². The number of Topliss-reactive ketones (excluding diaryl/α,β-unsaturated/α-hetero) is 1. The number of hydrogen-bond donors (Lipinski definition) is 0. The molecule has 0 saturated heterocycles. The van der Waals surface area contributed by atoms with Gasteiger partial charge in [0.05, 0.1) is 0 Å². The Labute approximate surface area is 276 Å². The number of carbonyl (C=O) groups is 1. The van der Waals surface area contributed by atoms with E-state index in [1.807, 2.05) is 0 Å². The van der Waals surface area contributed by atoms with Gasteiger partial charge in [-0.3, -0.25) is 4.79 Å². The van der Waals surface area contributed by atoms with Crippen LogP contribution in [0.1, 0.15) is 93.5 Å². The molecule has 2 aliphatic carbocycles. The maximum atomic E-state index is 14.5. The third kappa shape index (κ3) is 7.19. The van der Waals surface area contributed by atoms with Crippen molar-refractivity contribution in [3.8, 4) is 0 Å². The Morgan fingerprint density at radius 1 is 0.520 bits per heavy atom.